The first-order chi connectivity index (χ1) is 18.4. The Kier molecular flexibility index (Phi) is 11.3. The minimum absolute atomic E-state index is 0. The van der Waals surface area contributed by atoms with Crippen molar-refractivity contribution in [3.8, 4) is 5.69 Å². The number of aromatic nitrogens is 2. The summed E-state index contributed by atoms with van der Waals surface area (Å²) < 4.78 is 34.7. The highest BCUT2D eigenvalue weighted by atomic mass is 35.5. The molecule has 2 amide bonds. The molecular formula is C28H36Cl2F2N6O2. The van der Waals surface area contributed by atoms with Crippen LogP contribution in [0.5, 0.6) is 0 Å². The highest BCUT2D eigenvalue weighted by Crippen LogP contribution is 2.32. The lowest BCUT2D eigenvalue weighted by atomic mass is 9.94. The molecule has 3 aromatic rings. The number of carbonyl (C=O) groups is 1. The van der Waals surface area contributed by atoms with Crippen molar-refractivity contribution < 1.29 is 18.3 Å². The van der Waals surface area contributed by atoms with Crippen LogP contribution in [0.25, 0.3) is 5.69 Å². The Balaban J connectivity index is 0.00000220. The molecular weight excluding hydrogens is 561 g/mol. The van der Waals surface area contributed by atoms with E-state index in [-0.39, 0.29) is 48.8 Å². The van der Waals surface area contributed by atoms with Crippen molar-refractivity contribution in [2.24, 2.45) is 0 Å². The van der Waals surface area contributed by atoms with Crippen LogP contribution >= 0.6 is 24.8 Å². The molecule has 0 bridgehead atoms. The Hall–Kier alpha value is -2.76. The summed E-state index contributed by atoms with van der Waals surface area (Å²) in [5.41, 5.74) is 3.33. The molecule has 5 rings (SSSR count). The van der Waals surface area contributed by atoms with E-state index in [1.165, 1.54) is 6.07 Å². The van der Waals surface area contributed by atoms with Gasteiger partial charge in [0.25, 0.3) is 0 Å². The minimum Gasteiger partial charge on any atom is -0.383 e. The molecule has 3 heterocycles. The summed E-state index contributed by atoms with van der Waals surface area (Å²) in [4.78, 5) is 15.6. The van der Waals surface area contributed by atoms with Crippen LogP contribution in [0.15, 0.2) is 48.5 Å². The number of urea groups is 1. The lowest BCUT2D eigenvalue weighted by molar-refractivity contribution is 0.159. The largest absolute Gasteiger partial charge is 0.383 e. The first kappa shape index (κ1) is 31.8. The van der Waals surface area contributed by atoms with Crippen molar-refractivity contribution in [2.45, 2.75) is 37.8 Å². The quantitative estimate of drug-likeness (QED) is 0.342. The number of rotatable bonds is 8. The number of nitrogens with zero attached hydrogens (tertiary/aromatic N) is 3. The summed E-state index contributed by atoms with van der Waals surface area (Å²) in [6.07, 6.45) is 2.08. The van der Waals surface area contributed by atoms with Crippen LogP contribution in [0.1, 0.15) is 41.6 Å². The van der Waals surface area contributed by atoms with Crippen molar-refractivity contribution in [2.75, 3.05) is 45.2 Å². The Labute approximate surface area is 245 Å². The van der Waals surface area contributed by atoms with Gasteiger partial charge in [0.2, 0.25) is 0 Å². The summed E-state index contributed by atoms with van der Waals surface area (Å²) in [6.45, 7) is 5.29. The molecule has 0 spiro atoms. The van der Waals surface area contributed by atoms with Crippen molar-refractivity contribution >= 4 is 36.7 Å². The molecule has 12 heteroatoms. The first-order valence-corrected chi connectivity index (χ1v) is 13.1. The lowest BCUT2D eigenvalue weighted by Gasteiger charge is -2.21. The van der Waals surface area contributed by atoms with Gasteiger partial charge in [-0.3, -0.25) is 10.2 Å². The van der Waals surface area contributed by atoms with Gasteiger partial charge in [-0.15, -0.1) is 24.8 Å². The van der Waals surface area contributed by atoms with Gasteiger partial charge in [-0.05, 0) is 56.1 Å². The minimum atomic E-state index is -0.892. The third-order valence-corrected chi connectivity index (χ3v) is 7.48. The fraction of sp³-hybridized carbons (Fsp3) is 0.429. The Morgan fingerprint density at radius 1 is 1.12 bits per heavy atom. The van der Waals surface area contributed by atoms with Crippen LogP contribution in [0.4, 0.5) is 19.4 Å². The zero-order valence-electron chi connectivity index (χ0n) is 22.5. The third kappa shape index (κ3) is 6.92. The molecule has 2 aliphatic rings. The van der Waals surface area contributed by atoms with E-state index in [9.17, 15) is 13.6 Å². The van der Waals surface area contributed by atoms with Crippen molar-refractivity contribution in [3.05, 3.63) is 77.0 Å². The summed E-state index contributed by atoms with van der Waals surface area (Å²) >= 11 is 0. The average molecular weight is 598 g/mol. The van der Waals surface area contributed by atoms with Crippen LogP contribution in [0, 0.1) is 18.6 Å². The fourth-order valence-electron chi connectivity index (χ4n) is 5.49. The molecule has 40 heavy (non-hydrogen) atoms. The molecule has 8 nitrogen and oxygen atoms in total. The standard InChI is InChI=1S/C28H34F2N6O2.2ClH/c1-18-26(24-9-6-12-31-24)34-36(20-7-4-3-5-8-20)27(18)33-28(37)32-25-17-35(13-14-38-2)16-21(25)19-10-11-22(29)23(30)15-19;;/h3-5,7-8,10-11,15,21,24-25,31H,6,9,12-14,16-17H2,1-2H3,(H2,32,33,37);2*1H/t21-,24-,25+;;/m0../s1. The molecule has 2 aliphatic heterocycles. The highest BCUT2D eigenvalue weighted by molar-refractivity contribution is 5.90. The van der Waals surface area contributed by atoms with E-state index in [1.807, 2.05) is 37.3 Å². The fourth-order valence-corrected chi connectivity index (χ4v) is 5.49. The molecule has 3 atom stereocenters. The SMILES string of the molecule is COCCN1C[C@@H](NC(=O)Nc2c(C)c([C@@H]3CCCN3)nn2-c2ccccc2)[C@H](c2ccc(F)c(F)c2)C1.Cl.Cl. The van der Waals surface area contributed by atoms with E-state index in [4.69, 9.17) is 9.84 Å². The topological polar surface area (TPSA) is 83.4 Å². The third-order valence-electron chi connectivity index (χ3n) is 7.48. The first-order valence-electron chi connectivity index (χ1n) is 13.1. The number of amides is 2. The smallest absolute Gasteiger partial charge is 0.320 e. The lowest BCUT2D eigenvalue weighted by Crippen LogP contribution is -2.42. The number of anilines is 1. The van der Waals surface area contributed by atoms with Gasteiger partial charge >= 0.3 is 6.03 Å². The van der Waals surface area contributed by atoms with E-state index in [0.29, 0.717) is 37.6 Å². The van der Waals surface area contributed by atoms with Crippen molar-refractivity contribution in [1.29, 1.82) is 0 Å². The zero-order chi connectivity index (χ0) is 26.6. The second-order valence-corrected chi connectivity index (χ2v) is 9.99. The van der Waals surface area contributed by atoms with Crippen molar-refractivity contribution in [1.82, 2.24) is 25.3 Å². The predicted octanol–water partition coefficient (Wildman–Crippen LogP) is 4.96. The average Bonchev–Trinajstić information content (AvgIpc) is 3.65. The van der Waals surface area contributed by atoms with Crippen LogP contribution < -0.4 is 16.0 Å². The van der Waals surface area contributed by atoms with E-state index < -0.39 is 11.6 Å². The summed E-state index contributed by atoms with van der Waals surface area (Å²) in [7, 11) is 1.64. The predicted molar refractivity (Wildman–Crippen MR) is 156 cm³/mol. The number of benzene rings is 2. The Morgan fingerprint density at radius 2 is 1.90 bits per heavy atom. The van der Waals surface area contributed by atoms with Gasteiger partial charge in [0.05, 0.1) is 30.1 Å². The number of methoxy groups -OCH3 is 1. The maximum atomic E-state index is 14.1. The molecule has 2 saturated heterocycles. The Bertz CT molecular complexity index is 1270. The number of hydrogen-bond donors (Lipinski definition) is 3. The normalized spacial score (nSPS) is 20.6. The monoisotopic (exact) mass is 596 g/mol. The Morgan fingerprint density at radius 3 is 2.58 bits per heavy atom. The molecule has 0 saturated carbocycles. The van der Waals surface area contributed by atoms with E-state index in [2.05, 4.69) is 20.9 Å². The molecule has 2 aromatic carbocycles. The summed E-state index contributed by atoms with van der Waals surface area (Å²) in [5.74, 6) is -1.37. The van der Waals surface area contributed by atoms with Crippen LogP contribution in [0.3, 0.4) is 0 Å². The summed E-state index contributed by atoms with van der Waals surface area (Å²) in [6, 6.07) is 13.1. The van der Waals surface area contributed by atoms with E-state index in [1.54, 1.807) is 17.9 Å². The maximum absolute atomic E-state index is 14.1. The number of ether oxygens (including phenoxy) is 1. The number of carbonyl (C=O) groups excluding carboxylic acids is 1. The van der Waals surface area contributed by atoms with Gasteiger partial charge in [-0.25, -0.2) is 18.3 Å². The highest BCUT2D eigenvalue weighted by Gasteiger charge is 2.35. The van der Waals surface area contributed by atoms with Gasteiger partial charge in [0.1, 0.15) is 5.82 Å². The number of halogens is 4. The molecule has 1 aromatic heterocycles. The molecule has 0 radical (unpaired) electrons. The number of likely N-dealkylation sites (tertiary alicyclic amines) is 1. The van der Waals surface area contributed by atoms with E-state index in [0.717, 1.165) is 42.4 Å². The second-order valence-electron chi connectivity index (χ2n) is 9.99. The number of hydrogen-bond acceptors (Lipinski definition) is 5. The van der Waals surface area contributed by atoms with Gasteiger partial charge in [-0.2, -0.15) is 5.10 Å². The van der Waals surface area contributed by atoms with Gasteiger partial charge in [0.15, 0.2) is 11.6 Å². The number of para-hydroxylation sites is 1. The second kappa shape index (κ2) is 14.2. The zero-order valence-corrected chi connectivity index (χ0v) is 24.2. The van der Waals surface area contributed by atoms with Crippen LogP contribution in [-0.2, 0) is 4.74 Å². The summed E-state index contributed by atoms with van der Waals surface area (Å²) in [5, 5.41) is 14.5. The van der Waals surface area contributed by atoms with Gasteiger partial charge in [-0.1, -0.05) is 24.3 Å². The van der Waals surface area contributed by atoms with Gasteiger partial charge < -0.3 is 15.4 Å². The van der Waals surface area contributed by atoms with Gasteiger partial charge in [0, 0.05) is 38.2 Å². The molecule has 0 aliphatic carbocycles. The molecule has 3 N–H and O–H groups in total. The van der Waals surface area contributed by atoms with Crippen molar-refractivity contribution in [3.63, 3.8) is 0 Å². The molecule has 0 unspecified atom stereocenters. The number of nitrogens with one attached hydrogen (secondary N) is 3. The molecule has 218 valence electrons. The van der Waals surface area contributed by atoms with E-state index >= 15 is 0 Å². The van der Waals surface area contributed by atoms with Crippen LogP contribution in [0.2, 0.25) is 0 Å². The van der Waals surface area contributed by atoms with Crippen LogP contribution in [-0.4, -0.2) is 66.6 Å². The molecule has 2 fully saturated rings. The maximum Gasteiger partial charge on any atom is 0.320 e.